The molecule has 1 unspecified atom stereocenters. The zero-order valence-electron chi connectivity index (χ0n) is 20.8. The highest BCUT2D eigenvalue weighted by Gasteiger charge is 2.67. The quantitative estimate of drug-likeness (QED) is 0.183. The molecule has 1 aliphatic carbocycles. The van der Waals surface area contributed by atoms with E-state index in [1.165, 1.54) is 37.3 Å². The van der Waals surface area contributed by atoms with Crippen LogP contribution in [0, 0.1) is 17.6 Å². The third kappa shape index (κ3) is 6.42. The summed E-state index contributed by atoms with van der Waals surface area (Å²) in [5, 5.41) is 6.74. The molecule has 1 aliphatic rings. The van der Waals surface area contributed by atoms with Gasteiger partial charge in [0.05, 0.1) is 27.8 Å². The molecule has 3 aromatic carbocycles. The molecule has 0 spiro atoms. The van der Waals surface area contributed by atoms with Gasteiger partial charge in [-0.2, -0.15) is 13.2 Å². The third-order valence-electron chi connectivity index (χ3n) is 6.31. The summed E-state index contributed by atoms with van der Waals surface area (Å²) >= 11 is 18.7. The molecule has 6 nitrogen and oxygen atoms in total. The zero-order chi connectivity index (χ0) is 30.3. The van der Waals surface area contributed by atoms with Gasteiger partial charge in [-0.3, -0.25) is 14.4 Å². The van der Waals surface area contributed by atoms with Crippen LogP contribution in [0.15, 0.2) is 54.6 Å². The van der Waals surface area contributed by atoms with E-state index in [9.17, 15) is 36.3 Å². The van der Waals surface area contributed by atoms with Crippen LogP contribution in [0.1, 0.15) is 40.7 Å². The molecule has 3 amide bonds. The van der Waals surface area contributed by atoms with Gasteiger partial charge in [0.25, 0.3) is 5.91 Å². The first-order chi connectivity index (χ1) is 19.1. The van der Waals surface area contributed by atoms with E-state index >= 15 is 0 Å². The van der Waals surface area contributed by atoms with Crippen LogP contribution in [-0.4, -0.2) is 22.1 Å². The second kappa shape index (κ2) is 11.5. The average Bonchev–Trinajstić information content (AvgIpc) is 3.50. The van der Waals surface area contributed by atoms with Gasteiger partial charge in [-0.05, 0) is 42.0 Å². The fourth-order valence-electron chi connectivity index (χ4n) is 4.15. The monoisotopic (exact) mass is 633 g/mol. The van der Waals surface area contributed by atoms with E-state index in [0.29, 0.717) is 0 Å². The summed E-state index contributed by atoms with van der Waals surface area (Å²) in [6.45, 7) is 1.49. The lowest BCUT2D eigenvalue weighted by atomic mass is 10.1. The maximum Gasteiger partial charge on any atom is 0.416 e. The minimum atomic E-state index is -4.61. The van der Waals surface area contributed by atoms with Crippen molar-refractivity contribution in [1.82, 2.24) is 0 Å². The molecule has 0 saturated heterocycles. The van der Waals surface area contributed by atoms with E-state index in [0.717, 1.165) is 24.3 Å². The number of rotatable bonds is 7. The van der Waals surface area contributed by atoms with Crippen LogP contribution < -0.4 is 16.0 Å². The summed E-state index contributed by atoms with van der Waals surface area (Å²) in [5.41, 5.74) is -2.15. The second-order valence-electron chi connectivity index (χ2n) is 9.08. The first-order valence-electron chi connectivity index (χ1n) is 11.9. The molecule has 0 aliphatic heterocycles. The van der Waals surface area contributed by atoms with Crippen molar-refractivity contribution in [1.29, 1.82) is 0 Å². The topological polar surface area (TPSA) is 87.3 Å². The Balaban J connectivity index is 1.52. The zero-order valence-corrected chi connectivity index (χ0v) is 23.1. The Kier molecular flexibility index (Phi) is 8.54. The molecular formula is C27H19Cl3F5N3O3. The van der Waals surface area contributed by atoms with Crippen molar-refractivity contribution in [2.24, 2.45) is 5.92 Å². The molecule has 4 rings (SSSR count). The number of carbonyl (C=O) groups is 3. The second-order valence-corrected chi connectivity index (χ2v) is 10.9. The predicted octanol–water partition coefficient (Wildman–Crippen LogP) is 7.76. The Morgan fingerprint density at radius 2 is 1.66 bits per heavy atom. The van der Waals surface area contributed by atoms with Crippen LogP contribution in [0.5, 0.6) is 0 Å². The number of hydrogen-bond donors (Lipinski definition) is 3. The minimum absolute atomic E-state index is 0.0420. The number of nitrogens with one attached hydrogen (secondary N) is 3. The lowest BCUT2D eigenvalue weighted by Gasteiger charge is -2.13. The van der Waals surface area contributed by atoms with Gasteiger partial charge in [-0.25, -0.2) is 8.78 Å². The van der Waals surface area contributed by atoms with Crippen molar-refractivity contribution in [2.75, 3.05) is 16.0 Å². The highest BCUT2D eigenvalue weighted by Crippen LogP contribution is 2.65. The fourth-order valence-corrected chi connectivity index (χ4v) is 5.19. The van der Waals surface area contributed by atoms with Gasteiger partial charge < -0.3 is 16.0 Å². The summed E-state index contributed by atoms with van der Waals surface area (Å²) in [6.07, 6.45) is -4.65. The Hall–Kier alpha value is -3.41. The molecule has 41 heavy (non-hydrogen) atoms. The van der Waals surface area contributed by atoms with Gasteiger partial charge in [-0.15, -0.1) is 23.2 Å². The SMILES string of the molecule is CCC(=O)Nc1c(F)ccc(NC(=O)c2cc(NC(=O)[C@H]3C(c4cccc(C(F)(F)F)c4)C3(Cl)Cl)ccc2Cl)c1F. The van der Waals surface area contributed by atoms with E-state index in [2.05, 4.69) is 16.0 Å². The summed E-state index contributed by atoms with van der Waals surface area (Å²) in [4.78, 5) is 37.5. The van der Waals surface area contributed by atoms with E-state index in [-0.39, 0.29) is 28.3 Å². The lowest BCUT2D eigenvalue weighted by molar-refractivity contribution is -0.137. The molecule has 0 radical (unpaired) electrons. The van der Waals surface area contributed by atoms with Crippen molar-refractivity contribution in [3.63, 3.8) is 0 Å². The number of halogens is 8. The van der Waals surface area contributed by atoms with Crippen LogP contribution >= 0.6 is 34.8 Å². The molecule has 1 saturated carbocycles. The highest BCUT2D eigenvalue weighted by atomic mass is 35.5. The molecule has 14 heteroatoms. The highest BCUT2D eigenvalue weighted by molar-refractivity contribution is 6.53. The number of carbonyl (C=O) groups excluding carboxylic acids is 3. The smallest absolute Gasteiger partial charge is 0.326 e. The number of anilines is 3. The molecule has 3 aromatic rings. The number of hydrogen-bond acceptors (Lipinski definition) is 3. The van der Waals surface area contributed by atoms with Crippen LogP contribution in [0.3, 0.4) is 0 Å². The van der Waals surface area contributed by atoms with E-state index in [4.69, 9.17) is 34.8 Å². The molecule has 2 atom stereocenters. The van der Waals surface area contributed by atoms with Crippen molar-refractivity contribution in [3.8, 4) is 0 Å². The molecular weight excluding hydrogens is 616 g/mol. The van der Waals surface area contributed by atoms with E-state index in [1.807, 2.05) is 0 Å². The van der Waals surface area contributed by atoms with Crippen molar-refractivity contribution in [3.05, 3.63) is 87.9 Å². The molecule has 216 valence electrons. The fraction of sp³-hybridized carbons (Fsp3) is 0.222. The van der Waals surface area contributed by atoms with Gasteiger partial charge >= 0.3 is 6.18 Å². The van der Waals surface area contributed by atoms with Gasteiger partial charge in [0.1, 0.15) is 15.8 Å². The van der Waals surface area contributed by atoms with E-state index in [1.54, 1.807) is 0 Å². The van der Waals surface area contributed by atoms with Crippen LogP contribution in [-0.2, 0) is 15.8 Å². The van der Waals surface area contributed by atoms with Gasteiger partial charge in [-0.1, -0.05) is 36.7 Å². The van der Waals surface area contributed by atoms with Crippen molar-refractivity contribution >= 4 is 69.6 Å². The Morgan fingerprint density at radius 3 is 2.32 bits per heavy atom. The molecule has 0 bridgehead atoms. The van der Waals surface area contributed by atoms with Gasteiger partial charge in [0.15, 0.2) is 5.82 Å². The maximum absolute atomic E-state index is 14.8. The lowest BCUT2D eigenvalue weighted by Crippen LogP contribution is -2.19. The number of benzene rings is 3. The summed E-state index contributed by atoms with van der Waals surface area (Å²) < 4.78 is 66.6. The predicted molar refractivity (Wildman–Crippen MR) is 145 cm³/mol. The molecule has 0 heterocycles. The Morgan fingerprint density at radius 1 is 0.951 bits per heavy atom. The first-order valence-corrected chi connectivity index (χ1v) is 13.0. The largest absolute Gasteiger partial charge is 0.416 e. The summed E-state index contributed by atoms with van der Waals surface area (Å²) in [7, 11) is 0. The standard InChI is InChI=1S/C27H19Cl3F5N3O3/c1-2-19(39)38-23-17(31)8-9-18(22(23)32)37-24(40)15-11-14(6-7-16(15)28)36-25(41)21-20(26(21,29)30)12-4-3-5-13(10-12)27(33,34)35/h3-11,20-21H,2H2,1H3,(H,36,41)(H,37,40)(H,38,39)/t20?,21-/m1/s1. The molecule has 1 fully saturated rings. The van der Waals surface area contributed by atoms with Crippen molar-refractivity contribution < 1.29 is 36.3 Å². The summed E-state index contributed by atoms with van der Waals surface area (Å²) in [5.74, 6) is -6.64. The maximum atomic E-state index is 14.8. The van der Waals surface area contributed by atoms with Crippen LogP contribution in [0.25, 0.3) is 0 Å². The van der Waals surface area contributed by atoms with Gasteiger partial charge in [0.2, 0.25) is 11.8 Å². The molecule has 3 N–H and O–H groups in total. The minimum Gasteiger partial charge on any atom is -0.326 e. The van der Waals surface area contributed by atoms with Crippen LogP contribution in [0.2, 0.25) is 5.02 Å². The Bertz CT molecular complexity index is 1550. The summed E-state index contributed by atoms with van der Waals surface area (Å²) in [6, 6.07) is 9.90. The third-order valence-corrected chi connectivity index (χ3v) is 7.58. The van der Waals surface area contributed by atoms with Crippen LogP contribution in [0.4, 0.5) is 39.0 Å². The Labute approximate surface area is 245 Å². The van der Waals surface area contributed by atoms with Crippen molar-refractivity contribution in [2.45, 2.75) is 29.8 Å². The van der Waals surface area contributed by atoms with E-state index < -0.39 is 68.6 Å². The average molecular weight is 635 g/mol. The molecule has 0 aromatic heterocycles. The number of alkyl halides is 5. The normalized spacial score (nSPS) is 17.5. The first kappa shape index (κ1) is 30.5. The van der Waals surface area contributed by atoms with Gasteiger partial charge in [0, 0.05) is 18.0 Å². The number of amides is 3.